The van der Waals surface area contributed by atoms with Crippen molar-refractivity contribution in [2.75, 3.05) is 0 Å². The summed E-state index contributed by atoms with van der Waals surface area (Å²) in [6, 6.07) is 11.9. The van der Waals surface area contributed by atoms with Gasteiger partial charge in [-0.15, -0.1) is 21.0 Å². The van der Waals surface area contributed by atoms with Crippen molar-refractivity contribution in [1.29, 1.82) is 0 Å². The number of nitrogens with zero attached hydrogens (tertiary/aromatic N) is 6. The molecule has 0 saturated carbocycles. The van der Waals surface area contributed by atoms with Gasteiger partial charge in [0.25, 0.3) is 0 Å². The highest BCUT2D eigenvalue weighted by Crippen LogP contribution is 2.30. The van der Waals surface area contributed by atoms with Gasteiger partial charge in [-0.3, -0.25) is 4.98 Å². The van der Waals surface area contributed by atoms with Crippen LogP contribution in [0.2, 0.25) is 0 Å². The molecule has 0 saturated heterocycles. The fraction of sp³-hybridized carbons (Fsp3) is 0. The SMILES string of the molecule is c1cnc2c(Oc3nc4ccsc4c4nnnn34)cccc2c1. The number of rotatable bonds is 2. The number of tetrazole rings is 1. The molecule has 0 aliphatic rings. The Labute approximate surface area is 133 Å². The predicted octanol–water partition coefficient (Wildman–Crippen LogP) is 3.07. The number of thiophene rings is 1. The number of ether oxygens (including phenoxy) is 1. The molecule has 0 aliphatic heterocycles. The summed E-state index contributed by atoms with van der Waals surface area (Å²) in [5, 5.41) is 14.7. The molecule has 0 aliphatic carbocycles. The summed E-state index contributed by atoms with van der Waals surface area (Å²) in [5.41, 5.74) is 2.21. The average Bonchev–Trinajstić information content (AvgIpc) is 3.23. The monoisotopic (exact) mass is 320 g/mol. The van der Waals surface area contributed by atoms with E-state index in [0.717, 1.165) is 21.1 Å². The topological polar surface area (TPSA) is 78.1 Å². The van der Waals surface area contributed by atoms with Crippen molar-refractivity contribution in [3.05, 3.63) is 48.0 Å². The summed E-state index contributed by atoms with van der Waals surface area (Å²) in [5.74, 6) is 0.613. The predicted molar refractivity (Wildman–Crippen MR) is 85.8 cm³/mol. The lowest BCUT2D eigenvalue weighted by molar-refractivity contribution is 0.429. The maximum atomic E-state index is 5.99. The van der Waals surface area contributed by atoms with Gasteiger partial charge >= 0.3 is 6.01 Å². The fourth-order valence-electron chi connectivity index (χ4n) is 2.49. The summed E-state index contributed by atoms with van der Waals surface area (Å²) in [6.45, 7) is 0. The van der Waals surface area contributed by atoms with Crippen LogP contribution in [0, 0.1) is 0 Å². The average molecular weight is 320 g/mol. The van der Waals surface area contributed by atoms with Crippen LogP contribution in [0.25, 0.3) is 26.8 Å². The molecule has 0 fully saturated rings. The van der Waals surface area contributed by atoms with Crippen LogP contribution >= 0.6 is 11.3 Å². The molecule has 8 heteroatoms. The molecule has 23 heavy (non-hydrogen) atoms. The van der Waals surface area contributed by atoms with Crippen molar-refractivity contribution in [2.45, 2.75) is 0 Å². The minimum atomic E-state index is 0.314. The van der Waals surface area contributed by atoms with Crippen molar-refractivity contribution < 1.29 is 4.74 Å². The van der Waals surface area contributed by atoms with Crippen LogP contribution in [0.5, 0.6) is 11.8 Å². The van der Waals surface area contributed by atoms with Gasteiger partial charge in [-0.1, -0.05) is 18.2 Å². The molecule has 0 radical (unpaired) electrons. The highest BCUT2D eigenvalue weighted by atomic mass is 32.1. The molecule has 0 bridgehead atoms. The number of pyridine rings is 1. The van der Waals surface area contributed by atoms with Crippen LogP contribution in [0.15, 0.2) is 48.0 Å². The molecular formula is C15H8N6OS. The molecule has 0 N–H and O–H groups in total. The minimum absolute atomic E-state index is 0.314. The van der Waals surface area contributed by atoms with Crippen LogP contribution in [0.4, 0.5) is 0 Å². The van der Waals surface area contributed by atoms with Crippen molar-refractivity contribution in [1.82, 2.24) is 30.0 Å². The van der Waals surface area contributed by atoms with Crippen LogP contribution in [-0.4, -0.2) is 30.0 Å². The van der Waals surface area contributed by atoms with Gasteiger partial charge in [0.2, 0.25) is 5.65 Å². The lowest BCUT2D eigenvalue weighted by Gasteiger charge is -2.08. The smallest absolute Gasteiger partial charge is 0.327 e. The standard InChI is InChI=1S/C15H8N6OS/c1-3-9-4-2-7-16-12(9)11(5-1)22-15-17-10-6-8-23-13(10)14-18-19-20-21(14)15/h1-8H. The van der Waals surface area contributed by atoms with Crippen LogP contribution in [0.1, 0.15) is 0 Å². The molecule has 0 unspecified atom stereocenters. The summed E-state index contributed by atoms with van der Waals surface area (Å²) in [7, 11) is 0. The van der Waals surface area contributed by atoms with E-state index >= 15 is 0 Å². The fourth-order valence-corrected chi connectivity index (χ4v) is 3.29. The molecule has 110 valence electrons. The maximum Gasteiger partial charge on any atom is 0.327 e. The van der Waals surface area contributed by atoms with E-state index in [1.54, 1.807) is 17.5 Å². The van der Waals surface area contributed by atoms with E-state index in [2.05, 4.69) is 25.5 Å². The first kappa shape index (κ1) is 12.4. The third-order valence-corrected chi connectivity index (χ3v) is 4.41. The summed E-state index contributed by atoms with van der Waals surface area (Å²) >= 11 is 1.55. The Morgan fingerprint density at radius 2 is 2.04 bits per heavy atom. The van der Waals surface area contributed by atoms with Gasteiger partial charge in [0, 0.05) is 11.6 Å². The lowest BCUT2D eigenvalue weighted by Crippen LogP contribution is -2.00. The van der Waals surface area contributed by atoms with Crippen molar-refractivity contribution >= 4 is 38.1 Å². The highest BCUT2D eigenvalue weighted by molar-refractivity contribution is 7.17. The minimum Gasteiger partial charge on any atom is -0.422 e. The van der Waals surface area contributed by atoms with Crippen molar-refractivity contribution in [2.24, 2.45) is 0 Å². The molecule has 0 atom stereocenters. The molecule has 0 spiro atoms. The Balaban J connectivity index is 1.74. The van der Waals surface area contributed by atoms with E-state index in [9.17, 15) is 0 Å². The first-order valence-electron chi connectivity index (χ1n) is 6.87. The van der Waals surface area contributed by atoms with Gasteiger partial charge < -0.3 is 4.74 Å². The lowest BCUT2D eigenvalue weighted by atomic mass is 10.2. The zero-order valence-electron chi connectivity index (χ0n) is 11.6. The van der Waals surface area contributed by atoms with Gasteiger partial charge in [-0.05, 0) is 34.0 Å². The van der Waals surface area contributed by atoms with Gasteiger partial charge in [0.15, 0.2) is 5.75 Å². The number of fused-ring (bicyclic) bond motifs is 4. The summed E-state index contributed by atoms with van der Waals surface area (Å²) < 4.78 is 8.42. The van der Waals surface area contributed by atoms with E-state index < -0.39 is 0 Å². The first-order valence-corrected chi connectivity index (χ1v) is 7.75. The van der Waals surface area contributed by atoms with E-state index in [4.69, 9.17) is 4.74 Å². The van der Waals surface area contributed by atoms with Crippen LogP contribution in [0.3, 0.4) is 0 Å². The Kier molecular flexibility index (Phi) is 2.53. The first-order chi connectivity index (χ1) is 11.4. The highest BCUT2D eigenvalue weighted by Gasteiger charge is 2.15. The van der Waals surface area contributed by atoms with E-state index in [0.29, 0.717) is 17.4 Å². The van der Waals surface area contributed by atoms with E-state index in [1.807, 2.05) is 41.8 Å². The zero-order chi connectivity index (χ0) is 15.2. The molecule has 5 rings (SSSR count). The number of aromatic nitrogens is 6. The van der Waals surface area contributed by atoms with Crippen LogP contribution < -0.4 is 4.74 Å². The Morgan fingerprint density at radius 3 is 3.04 bits per heavy atom. The maximum absolute atomic E-state index is 5.99. The number of benzene rings is 1. The molecule has 4 heterocycles. The molecule has 1 aromatic carbocycles. The summed E-state index contributed by atoms with van der Waals surface area (Å²) in [4.78, 5) is 8.90. The molecule has 4 aromatic heterocycles. The van der Waals surface area contributed by atoms with Gasteiger partial charge in [-0.2, -0.15) is 4.98 Å². The van der Waals surface area contributed by atoms with Crippen molar-refractivity contribution in [3.63, 3.8) is 0 Å². The Morgan fingerprint density at radius 1 is 1.09 bits per heavy atom. The van der Waals surface area contributed by atoms with E-state index in [1.165, 1.54) is 4.52 Å². The molecular weight excluding hydrogens is 312 g/mol. The number of hydrogen-bond donors (Lipinski definition) is 0. The third kappa shape index (κ3) is 1.85. The quantitative estimate of drug-likeness (QED) is 0.497. The zero-order valence-corrected chi connectivity index (χ0v) is 12.4. The Hall–Kier alpha value is -3.13. The summed E-state index contributed by atoms with van der Waals surface area (Å²) in [6.07, 6.45) is 1.73. The second-order valence-electron chi connectivity index (χ2n) is 4.88. The second kappa shape index (κ2) is 4.68. The van der Waals surface area contributed by atoms with Crippen molar-refractivity contribution in [3.8, 4) is 11.8 Å². The molecule has 5 aromatic rings. The van der Waals surface area contributed by atoms with E-state index in [-0.39, 0.29) is 0 Å². The number of hydrogen-bond acceptors (Lipinski definition) is 7. The Bertz CT molecular complexity index is 1160. The molecule has 7 nitrogen and oxygen atoms in total. The third-order valence-electron chi connectivity index (χ3n) is 3.51. The number of para-hydroxylation sites is 1. The van der Waals surface area contributed by atoms with Gasteiger partial charge in [-0.25, -0.2) is 0 Å². The normalized spacial score (nSPS) is 11.5. The second-order valence-corrected chi connectivity index (χ2v) is 5.79. The largest absolute Gasteiger partial charge is 0.422 e. The van der Waals surface area contributed by atoms with Gasteiger partial charge in [0.05, 0.1) is 10.2 Å². The van der Waals surface area contributed by atoms with Gasteiger partial charge in [0.1, 0.15) is 5.52 Å². The molecule has 0 amide bonds. The van der Waals surface area contributed by atoms with Crippen LogP contribution in [-0.2, 0) is 0 Å².